The number of anilines is 1. The van der Waals surface area contributed by atoms with Gasteiger partial charge in [0.05, 0.1) is 17.4 Å². The Morgan fingerprint density at radius 3 is 2.71 bits per heavy atom. The number of para-hydroxylation sites is 1. The van der Waals surface area contributed by atoms with E-state index in [2.05, 4.69) is 21.8 Å². The molecule has 0 spiro atoms. The maximum Gasteiger partial charge on any atom is 0.244 e. The van der Waals surface area contributed by atoms with Gasteiger partial charge in [0.1, 0.15) is 0 Å². The standard InChI is InChI=1S/C25H26N4O2/c1-16(19-9-12-23-20(15-19)10-13-25(31)27-23)26-24(30)14-11-22-17(2)28-29(18(22)3)21-7-5-4-6-8-21/h4-9,11-12,14-16H,10,13H2,1-3H3,(H,26,30)(H,27,31)/b14-11+. The van der Waals surface area contributed by atoms with E-state index in [1.807, 2.05) is 74.0 Å². The second-order valence-corrected chi connectivity index (χ2v) is 7.86. The van der Waals surface area contributed by atoms with Crippen molar-refractivity contribution in [3.05, 3.63) is 82.7 Å². The zero-order valence-electron chi connectivity index (χ0n) is 18.0. The molecule has 1 aromatic heterocycles. The van der Waals surface area contributed by atoms with Gasteiger partial charge in [-0.05, 0) is 62.6 Å². The van der Waals surface area contributed by atoms with Gasteiger partial charge in [-0.3, -0.25) is 9.59 Å². The molecule has 2 heterocycles. The van der Waals surface area contributed by atoms with Crippen LogP contribution in [0.4, 0.5) is 5.69 Å². The van der Waals surface area contributed by atoms with Crippen molar-refractivity contribution >= 4 is 23.6 Å². The molecule has 0 radical (unpaired) electrons. The molecule has 4 rings (SSSR count). The number of benzene rings is 2. The van der Waals surface area contributed by atoms with E-state index in [4.69, 9.17) is 0 Å². The minimum Gasteiger partial charge on any atom is -0.346 e. The molecule has 1 aliphatic rings. The van der Waals surface area contributed by atoms with Crippen LogP contribution in [-0.2, 0) is 16.0 Å². The average molecular weight is 415 g/mol. The summed E-state index contributed by atoms with van der Waals surface area (Å²) in [6.45, 7) is 5.90. The van der Waals surface area contributed by atoms with Crippen LogP contribution in [0.15, 0.2) is 54.6 Å². The Bertz CT molecular complexity index is 1160. The third-order valence-corrected chi connectivity index (χ3v) is 5.63. The minimum atomic E-state index is -0.162. The first-order valence-electron chi connectivity index (χ1n) is 10.5. The molecule has 0 aliphatic carbocycles. The van der Waals surface area contributed by atoms with Crippen LogP contribution in [0.3, 0.4) is 0 Å². The molecule has 1 aliphatic heterocycles. The molecule has 2 aromatic carbocycles. The SMILES string of the molecule is Cc1nn(-c2ccccc2)c(C)c1/C=C/C(=O)NC(C)c1ccc2c(c1)CCC(=O)N2. The Hall–Kier alpha value is -3.67. The van der Waals surface area contributed by atoms with Crippen LogP contribution >= 0.6 is 0 Å². The van der Waals surface area contributed by atoms with Gasteiger partial charge in [-0.25, -0.2) is 4.68 Å². The summed E-state index contributed by atoms with van der Waals surface area (Å²) < 4.78 is 1.89. The number of hydrogen-bond acceptors (Lipinski definition) is 3. The number of carbonyl (C=O) groups excluding carboxylic acids is 2. The fourth-order valence-electron chi connectivity index (χ4n) is 3.89. The molecule has 2 amide bonds. The summed E-state index contributed by atoms with van der Waals surface area (Å²) in [6.07, 6.45) is 4.60. The van der Waals surface area contributed by atoms with Gasteiger partial charge >= 0.3 is 0 Å². The van der Waals surface area contributed by atoms with Gasteiger partial charge < -0.3 is 10.6 Å². The number of nitrogens with zero attached hydrogens (tertiary/aromatic N) is 2. The molecule has 0 fully saturated rings. The van der Waals surface area contributed by atoms with Gasteiger partial charge in [0, 0.05) is 29.4 Å². The van der Waals surface area contributed by atoms with Crippen LogP contribution < -0.4 is 10.6 Å². The first-order chi connectivity index (χ1) is 14.9. The summed E-state index contributed by atoms with van der Waals surface area (Å²) in [6, 6.07) is 15.7. The lowest BCUT2D eigenvalue weighted by Crippen LogP contribution is -2.25. The summed E-state index contributed by atoms with van der Waals surface area (Å²) in [7, 11) is 0. The van der Waals surface area contributed by atoms with Gasteiger partial charge in [-0.2, -0.15) is 5.10 Å². The largest absolute Gasteiger partial charge is 0.346 e. The number of fused-ring (bicyclic) bond motifs is 1. The van der Waals surface area contributed by atoms with Crippen molar-refractivity contribution in [2.45, 2.75) is 39.7 Å². The van der Waals surface area contributed by atoms with Crippen LogP contribution in [-0.4, -0.2) is 21.6 Å². The van der Waals surface area contributed by atoms with Gasteiger partial charge in [-0.1, -0.05) is 30.3 Å². The van der Waals surface area contributed by atoms with E-state index in [0.29, 0.717) is 6.42 Å². The zero-order valence-corrected chi connectivity index (χ0v) is 18.0. The van der Waals surface area contributed by atoms with Crippen LogP contribution in [0, 0.1) is 13.8 Å². The van der Waals surface area contributed by atoms with Crippen LogP contribution in [0.1, 0.15) is 47.5 Å². The Morgan fingerprint density at radius 1 is 1.16 bits per heavy atom. The molecule has 158 valence electrons. The zero-order chi connectivity index (χ0) is 22.0. The fourth-order valence-corrected chi connectivity index (χ4v) is 3.89. The lowest BCUT2D eigenvalue weighted by molar-refractivity contribution is -0.117. The summed E-state index contributed by atoms with van der Waals surface area (Å²) in [4.78, 5) is 24.1. The predicted octanol–water partition coefficient (Wildman–Crippen LogP) is 4.26. The number of carbonyl (C=O) groups is 2. The number of rotatable bonds is 5. The molecule has 0 saturated heterocycles. The van der Waals surface area contributed by atoms with E-state index in [9.17, 15) is 9.59 Å². The van der Waals surface area contributed by atoms with Crippen molar-refractivity contribution in [3.63, 3.8) is 0 Å². The summed E-state index contributed by atoms with van der Waals surface area (Å²) >= 11 is 0. The van der Waals surface area contributed by atoms with Gasteiger partial charge in [0.15, 0.2) is 0 Å². The normalized spacial score (nSPS) is 14.2. The molecule has 3 aromatic rings. The predicted molar refractivity (Wildman–Crippen MR) is 122 cm³/mol. The highest BCUT2D eigenvalue weighted by molar-refractivity contribution is 5.94. The lowest BCUT2D eigenvalue weighted by Gasteiger charge is -2.20. The molecular weight excluding hydrogens is 388 g/mol. The first-order valence-corrected chi connectivity index (χ1v) is 10.5. The second kappa shape index (κ2) is 8.60. The quantitative estimate of drug-likeness (QED) is 0.613. The molecule has 0 saturated carbocycles. The van der Waals surface area contributed by atoms with Crippen molar-refractivity contribution in [1.29, 1.82) is 0 Å². The highest BCUT2D eigenvalue weighted by atomic mass is 16.2. The maximum atomic E-state index is 12.5. The van der Waals surface area contributed by atoms with E-state index < -0.39 is 0 Å². The van der Waals surface area contributed by atoms with Crippen LogP contribution in [0.2, 0.25) is 0 Å². The van der Waals surface area contributed by atoms with Crippen molar-refractivity contribution in [2.24, 2.45) is 0 Å². The van der Waals surface area contributed by atoms with E-state index in [-0.39, 0.29) is 17.9 Å². The Balaban J connectivity index is 1.46. The topological polar surface area (TPSA) is 76.0 Å². The average Bonchev–Trinajstić information content (AvgIpc) is 3.05. The first kappa shape index (κ1) is 20.6. The summed E-state index contributed by atoms with van der Waals surface area (Å²) in [5.41, 5.74) is 6.77. The van der Waals surface area contributed by atoms with E-state index in [1.165, 1.54) is 0 Å². The Kier molecular flexibility index (Phi) is 5.71. The number of nitrogens with one attached hydrogen (secondary N) is 2. The van der Waals surface area contributed by atoms with Crippen molar-refractivity contribution in [2.75, 3.05) is 5.32 Å². The van der Waals surface area contributed by atoms with Gasteiger partial charge in [-0.15, -0.1) is 0 Å². The Labute approximate surface area is 182 Å². The molecule has 0 bridgehead atoms. The molecule has 31 heavy (non-hydrogen) atoms. The van der Waals surface area contributed by atoms with Gasteiger partial charge in [0.2, 0.25) is 11.8 Å². The number of amides is 2. The second-order valence-electron chi connectivity index (χ2n) is 7.86. The molecule has 6 nitrogen and oxygen atoms in total. The van der Waals surface area contributed by atoms with Crippen molar-refractivity contribution in [1.82, 2.24) is 15.1 Å². The maximum absolute atomic E-state index is 12.5. The van der Waals surface area contributed by atoms with Gasteiger partial charge in [0.25, 0.3) is 0 Å². The van der Waals surface area contributed by atoms with E-state index >= 15 is 0 Å². The third-order valence-electron chi connectivity index (χ3n) is 5.63. The van der Waals surface area contributed by atoms with Crippen molar-refractivity contribution in [3.8, 4) is 5.69 Å². The third kappa shape index (κ3) is 4.43. The minimum absolute atomic E-state index is 0.0490. The molecule has 1 atom stereocenters. The highest BCUT2D eigenvalue weighted by Crippen LogP contribution is 2.26. The molecule has 6 heteroatoms. The number of aryl methyl sites for hydroxylation is 2. The Morgan fingerprint density at radius 2 is 1.94 bits per heavy atom. The molecular formula is C25H26N4O2. The van der Waals surface area contributed by atoms with Crippen LogP contribution in [0.25, 0.3) is 11.8 Å². The fraction of sp³-hybridized carbons (Fsp3) is 0.240. The molecule has 1 unspecified atom stereocenters. The van der Waals surface area contributed by atoms with Crippen molar-refractivity contribution < 1.29 is 9.59 Å². The van der Waals surface area contributed by atoms with Crippen LogP contribution in [0.5, 0.6) is 0 Å². The van der Waals surface area contributed by atoms with E-state index in [0.717, 1.165) is 45.9 Å². The summed E-state index contributed by atoms with van der Waals surface area (Å²) in [5, 5.41) is 10.5. The smallest absolute Gasteiger partial charge is 0.244 e. The number of aromatic nitrogens is 2. The lowest BCUT2D eigenvalue weighted by atomic mass is 9.98. The summed E-state index contributed by atoms with van der Waals surface area (Å²) in [5.74, 6) is -0.113. The highest BCUT2D eigenvalue weighted by Gasteiger charge is 2.17. The van der Waals surface area contributed by atoms with E-state index in [1.54, 1.807) is 6.08 Å². The molecule has 2 N–H and O–H groups in total. The monoisotopic (exact) mass is 414 g/mol. The number of hydrogen-bond donors (Lipinski definition) is 2.